The number of ether oxygens (including phenoxy) is 2. The van der Waals surface area contributed by atoms with E-state index in [-0.39, 0.29) is 12.2 Å². The third-order valence-electron chi connectivity index (χ3n) is 4.61. The highest BCUT2D eigenvalue weighted by Crippen LogP contribution is 2.35. The van der Waals surface area contributed by atoms with Crippen molar-refractivity contribution < 1.29 is 14.3 Å². The summed E-state index contributed by atoms with van der Waals surface area (Å²) in [6, 6.07) is 9.00. The van der Waals surface area contributed by atoms with Gasteiger partial charge in [0.15, 0.2) is 6.10 Å². The summed E-state index contributed by atoms with van der Waals surface area (Å²) in [4.78, 5) is 29.7. The highest BCUT2D eigenvalue weighted by Gasteiger charge is 2.19. The molecule has 0 spiro atoms. The highest BCUT2D eigenvalue weighted by molar-refractivity contribution is 9.11. The van der Waals surface area contributed by atoms with E-state index >= 15 is 0 Å². The van der Waals surface area contributed by atoms with Crippen LogP contribution >= 0.6 is 47.8 Å². The average molecular weight is 644 g/mol. The predicted molar refractivity (Wildman–Crippen MR) is 139 cm³/mol. The van der Waals surface area contributed by atoms with Crippen LogP contribution in [-0.2, 0) is 16.0 Å². The number of halogens is 3. The van der Waals surface area contributed by atoms with Crippen molar-refractivity contribution in [1.82, 2.24) is 9.66 Å². The number of hydrogen-bond acceptors (Lipinski definition) is 6. The Balaban J connectivity index is 1.96. The van der Waals surface area contributed by atoms with Crippen LogP contribution < -0.4 is 10.3 Å². The summed E-state index contributed by atoms with van der Waals surface area (Å²) in [6.45, 7) is 5.67. The van der Waals surface area contributed by atoms with Crippen molar-refractivity contribution in [3.63, 3.8) is 0 Å². The van der Waals surface area contributed by atoms with Gasteiger partial charge in [0, 0.05) is 10.9 Å². The maximum atomic E-state index is 13.1. The van der Waals surface area contributed by atoms with Crippen LogP contribution in [0.2, 0.25) is 0 Å². The van der Waals surface area contributed by atoms with Crippen LogP contribution in [-0.4, -0.2) is 34.6 Å². The number of carbonyl (C=O) groups excluding carboxylic acids is 1. The van der Waals surface area contributed by atoms with Crippen LogP contribution in [0.1, 0.15) is 38.6 Å². The fraction of sp³-hybridized carbons (Fsp3) is 0.304. The average Bonchev–Trinajstić information content (AvgIpc) is 2.76. The minimum Gasteiger partial charge on any atom is -0.477 e. The first-order valence-electron chi connectivity index (χ1n) is 10.3. The molecule has 7 nitrogen and oxygen atoms in total. The molecule has 1 aromatic heterocycles. The molecule has 1 atom stereocenters. The van der Waals surface area contributed by atoms with Gasteiger partial charge in [-0.3, -0.25) is 4.79 Å². The van der Waals surface area contributed by atoms with Gasteiger partial charge < -0.3 is 9.47 Å². The van der Waals surface area contributed by atoms with Crippen molar-refractivity contribution in [1.29, 1.82) is 0 Å². The SMILES string of the molecule is CCCc1nc2ccc(Br)cc2c(=O)n1N=Cc1cc(Br)c(O[C@H](C)C(=O)OCC)c(Br)c1. The molecule has 0 fully saturated rings. The molecule has 10 heteroatoms. The van der Waals surface area contributed by atoms with Gasteiger partial charge in [-0.1, -0.05) is 22.9 Å². The van der Waals surface area contributed by atoms with E-state index in [1.54, 1.807) is 38.3 Å². The molecule has 0 aliphatic heterocycles. The summed E-state index contributed by atoms with van der Waals surface area (Å²) >= 11 is 10.4. The normalized spacial score (nSPS) is 12.3. The van der Waals surface area contributed by atoms with Gasteiger partial charge in [-0.2, -0.15) is 9.78 Å². The van der Waals surface area contributed by atoms with Crippen molar-refractivity contribution in [2.75, 3.05) is 6.61 Å². The second-order valence-electron chi connectivity index (χ2n) is 7.13. The molecule has 3 aromatic rings. The number of aryl methyl sites for hydroxylation is 1. The number of hydrogen-bond donors (Lipinski definition) is 0. The molecule has 1 heterocycles. The molecule has 0 N–H and O–H groups in total. The summed E-state index contributed by atoms with van der Waals surface area (Å²) in [7, 11) is 0. The molecule has 174 valence electrons. The number of esters is 1. The fourth-order valence-electron chi connectivity index (χ4n) is 3.07. The number of benzene rings is 2. The van der Waals surface area contributed by atoms with E-state index in [4.69, 9.17) is 9.47 Å². The number of aromatic nitrogens is 2. The van der Waals surface area contributed by atoms with Gasteiger partial charge in [0.1, 0.15) is 11.6 Å². The Bertz CT molecular complexity index is 1250. The number of nitrogens with zero attached hydrogens (tertiary/aromatic N) is 3. The Morgan fingerprint density at radius 2 is 1.88 bits per heavy atom. The molecular weight excluding hydrogens is 622 g/mol. The minimum atomic E-state index is -0.768. The lowest BCUT2D eigenvalue weighted by molar-refractivity contribution is -0.150. The quantitative estimate of drug-likeness (QED) is 0.227. The van der Waals surface area contributed by atoms with E-state index in [1.165, 1.54) is 4.68 Å². The topological polar surface area (TPSA) is 82.8 Å². The van der Waals surface area contributed by atoms with Crippen LogP contribution in [0.4, 0.5) is 0 Å². The third kappa shape index (κ3) is 6.10. The van der Waals surface area contributed by atoms with Gasteiger partial charge in [0.2, 0.25) is 0 Å². The molecule has 0 unspecified atom stereocenters. The van der Waals surface area contributed by atoms with Gasteiger partial charge in [0.05, 0.1) is 32.7 Å². The maximum Gasteiger partial charge on any atom is 0.347 e. The van der Waals surface area contributed by atoms with Gasteiger partial charge >= 0.3 is 5.97 Å². The molecule has 3 rings (SSSR count). The van der Waals surface area contributed by atoms with E-state index < -0.39 is 12.1 Å². The second-order valence-corrected chi connectivity index (χ2v) is 9.75. The van der Waals surface area contributed by atoms with Crippen molar-refractivity contribution >= 4 is 70.9 Å². The van der Waals surface area contributed by atoms with Crippen LogP contribution in [0.5, 0.6) is 5.75 Å². The lowest BCUT2D eigenvalue weighted by Gasteiger charge is -2.16. The third-order valence-corrected chi connectivity index (χ3v) is 6.28. The van der Waals surface area contributed by atoms with E-state index in [2.05, 4.69) is 57.9 Å². The van der Waals surface area contributed by atoms with Crippen molar-refractivity contribution in [3.05, 3.63) is 65.5 Å². The zero-order valence-electron chi connectivity index (χ0n) is 18.3. The van der Waals surface area contributed by atoms with Crippen LogP contribution in [0.25, 0.3) is 10.9 Å². The van der Waals surface area contributed by atoms with Crippen molar-refractivity contribution in [2.24, 2.45) is 5.10 Å². The Morgan fingerprint density at radius 1 is 1.18 bits per heavy atom. The smallest absolute Gasteiger partial charge is 0.347 e. The van der Waals surface area contributed by atoms with Crippen LogP contribution in [0, 0.1) is 0 Å². The molecule has 0 radical (unpaired) electrons. The molecule has 0 saturated carbocycles. The Morgan fingerprint density at radius 3 is 2.52 bits per heavy atom. The van der Waals surface area contributed by atoms with Gasteiger partial charge in [-0.25, -0.2) is 9.78 Å². The standard InChI is InChI=1S/C23H22Br3N3O4/c1-4-6-20-28-19-8-7-15(24)11-16(19)22(30)29(20)27-12-14-9-17(25)21(18(26)10-14)33-13(3)23(31)32-5-2/h7-13H,4-6H2,1-3H3/t13-/m1/s1. The minimum absolute atomic E-state index is 0.234. The van der Waals surface area contributed by atoms with Crippen molar-refractivity contribution in [2.45, 2.75) is 39.7 Å². The maximum absolute atomic E-state index is 13.1. The molecular formula is C23H22Br3N3O4. The number of carbonyl (C=O) groups is 1. The van der Waals surface area contributed by atoms with Gasteiger partial charge in [-0.15, -0.1) is 0 Å². The van der Waals surface area contributed by atoms with E-state index in [0.29, 0.717) is 43.4 Å². The van der Waals surface area contributed by atoms with E-state index in [9.17, 15) is 9.59 Å². The Labute approximate surface area is 216 Å². The predicted octanol–water partition coefficient (Wildman–Crippen LogP) is 5.85. The van der Waals surface area contributed by atoms with Crippen LogP contribution in [0.15, 0.2) is 53.6 Å². The summed E-state index contributed by atoms with van der Waals surface area (Å²) in [5.41, 5.74) is 1.12. The van der Waals surface area contributed by atoms with E-state index in [0.717, 1.165) is 10.9 Å². The molecule has 0 bridgehead atoms. The molecule has 0 saturated heterocycles. The largest absolute Gasteiger partial charge is 0.477 e. The molecule has 2 aromatic carbocycles. The lowest BCUT2D eigenvalue weighted by Crippen LogP contribution is -2.26. The first kappa shape index (κ1) is 25.6. The molecule has 0 aliphatic carbocycles. The molecule has 33 heavy (non-hydrogen) atoms. The Hall–Kier alpha value is -2.04. The summed E-state index contributed by atoms with van der Waals surface area (Å²) < 4.78 is 14.1. The van der Waals surface area contributed by atoms with Crippen molar-refractivity contribution in [3.8, 4) is 5.75 Å². The van der Waals surface area contributed by atoms with E-state index in [1.807, 2.05) is 19.1 Å². The highest BCUT2D eigenvalue weighted by atomic mass is 79.9. The monoisotopic (exact) mass is 641 g/mol. The Kier molecular flexibility index (Phi) is 8.83. The first-order chi connectivity index (χ1) is 15.7. The molecule has 0 amide bonds. The van der Waals surface area contributed by atoms with Crippen LogP contribution in [0.3, 0.4) is 0 Å². The second kappa shape index (κ2) is 11.4. The van der Waals surface area contributed by atoms with Gasteiger partial charge in [-0.05, 0) is 88.0 Å². The summed E-state index contributed by atoms with van der Waals surface area (Å²) in [6.07, 6.45) is 2.26. The number of rotatable bonds is 8. The molecule has 0 aliphatic rings. The lowest BCUT2D eigenvalue weighted by atomic mass is 10.2. The van der Waals surface area contributed by atoms with Gasteiger partial charge in [0.25, 0.3) is 5.56 Å². The number of fused-ring (bicyclic) bond motifs is 1. The fourth-order valence-corrected chi connectivity index (χ4v) is 4.84. The zero-order chi connectivity index (χ0) is 24.1. The summed E-state index contributed by atoms with van der Waals surface area (Å²) in [5, 5.41) is 4.93. The first-order valence-corrected chi connectivity index (χ1v) is 12.7. The summed E-state index contributed by atoms with van der Waals surface area (Å²) in [5.74, 6) is 0.615. The zero-order valence-corrected chi connectivity index (χ0v) is 23.0.